The molecular formula is C6H17N3. The second-order valence-electron chi connectivity index (χ2n) is 1.98. The zero-order valence-electron chi connectivity index (χ0n) is 6.35. The zero-order valence-corrected chi connectivity index (χ0v) is 6.35. The van der Waals surface area contributed by atoms with Crippen molar-refractivity contribution >= 4 is 0 Å². The van der Waals surface area contributed by atoms with E-state index in [0.29, 0.717) is 0 Å². The van der Waals surface area contributed by atoms with Crippen LogP contribution in [0, 0.1) is 0 Å². The topological polar surface area (TPSA) is 41.3 Å². The Hall–Kier alpha value is -0.120. The molecule has 0 aliphatic carbocycles. The summed E-state index contributed by atoms with van der Waals surface area (Å²) < 4.78 is 0. The van der Waals surface area contributed by atoms with Gasteiger partial charge in [-0.3, -0.25) is 11.3 Å². The van der Waals surface area contributed by atoms with Gasteiger partial charge in [0.15, 0.2) is 0 Å². The first-order valence-corrected chi connectivity index (χ1v) is 3.51. The van der Waals surface area contributed by atoms with E-state index in [4.69, 9.17) is 5.84 Å². The number of nitrogens with two attached hydrogens (primary N) is 1. The fourth-order valence-electron chi connectivity index (χ4n) is 0.762. The molecule has 0 aliphatic rings. The molecule has 0 fully saturated rings. The number of hydrogen-bond acceptors (Lipinski definition) is 3. The highest BCUT2D eigenvalue weighted by Gasteiger charge is 1.94. The third-order valence-electron chi connectivity index (χ3n) is 1.47. The van der Waals surface area contributed by atoms with Gasteiger partial charge in [-0.1, -0.05) is 13.8 Å². The monoisotopic (exact) mass is 131 g/mol. The van der Waals surface area contributed by atoms with Crippen LogP contribution in [0.3, 0.4) is 0 Å². The molecule has 0 aliphatic heterocycles. The molecule has 0 saturated carbocycles. The van der Waals surface area contributed by atoms with E-state index in [2.05, 4.69) is 24.2 Å². The third-order valence-corrected chi connectivity index (χ3v) is 1.47. The number of hydrazine groups is 1. The Morgan fingerprint density at radius 2 is 1.89 bits per heavy atom. The maximum absolute atomic E-state index is 5.11. The standard InChI is InChI=1S/C6H17N3/c1-3-9(4-2)6-5-8-7/h8H,3-7H2,1-2H3. The lowest BCUT2D eigenvalue weighted by atomic mass is 10.5. The number of rotatable bonds is 5. The van der Waals surface area contributed by atoms with Crippen LogP contribution in [0.15, 0.2) is 0 Å². The Bertz CT molecular complexity index is 52.3. The summed E-state index contributed by atoms with van der Waals surface area (Å²) in [6.45, 7) is 8.45. The van der Waals surface area contributed by atoms with Crippen LogP contribution in [0.25, 0.3) is 0 Å². The van der Waals surface area contributed by atoms with Gasteiger partial charge in [0.2, 0.25) is 0 Å². The minimum absolute atomic E-state index is 0.877. The van der Waals surface area contributed by atoms with Crippen LogP contribution in [-0.4, -0.2) is 31.1 Å². The van der Waals surface area contributed by atoms with Gasteiger partial charge in [0, 0.05) is 13.1 Å². The van der Waals surface area contributed by atoms with Crippen LogP contribution in [-0.2, 0) is 0 Å². The molecule has 3 nitrogen and oxygen atoms in total. The molecule has 0 aromatic rings. The van der Waals surface area contributed by atoms with Crippen molar-refractivity contribution in [3.8, 4) is 0 Å². The molecule has 3 heteroatoms. The molecule has 0 rings (SSSR count). The van der Waals surface area contributed by atoms with Gasteiger partial charge < -0.3 is 4.90 Å². The molecule has 0 amide bonds. The fraction of sp³-hybridized carbons (Fsp3) is 1.00. The van der Waals surface area contributed by atoms with Gasteiger partial charge >= 0.3 is 0 Å². The van der Waals surface area contributed by atoms with Crippen molar-refractivity contribution in [2.75, 3.05) is 26.2 Å². The maximum atomic E-state index is 5.11. The highest BCUT2D eigenvalue weighted by molar-refractivity contribution is 4.51. The summed E-state index contributed by atoms with van der Waals surface area (Å²) in [6, 6.07) is 0. The van der Waals surface area contributed by atoms with Crippen LogP contribution in [0.4, 0.5) is 0 Å². The van der Waals surface area contributed by atoms with E-state index in [1.807, 2.05) is 0 Å². The normalized spacial score (nSPS) is 10.7. The molecule has 56 valence electrons. The van der Waals surface area contributed by atoms with Crippen LogP contribution in [0.2, 0.25) is 0 Å². The molecule has 0 heterocycles. The third kappa shape index (κ3) is 4.39. The summed E-state index contributed by atoms with van der Waals surface area (Å²) in [7, 11) is 0. The minimum Gasteiger partial charge on any atom is -0.303 e. The quantitative estimate of drug-likeness (QED) is 0.401. The summed E-state index contributed by atoms with van der Waals surface area (Å²) >= 11 is 0. The predicted octanol–water partition coefficient (Wildman–Crippen LogP) is -0.208. The van der Waals surface area contributed by atoms with E-state index >= 15 is 0 Å². The first-order valence-electron chi connectivity index (χ1n) is 3.51. The van der Waals surface area contributed by atoms with Gasteiger partial charge in [-0.25, -0.2) is 0 Å². The Morgan fingerprint density at radius 1 is 1.33 bits per heavy atom. The minimum atomic E-state index is 0.877. The molecule has 0 spiro atoms. The number of hydrogen-bond donors (Lipinski definition) is 2. The molecule has 0 radical (unpaired) electrons. The van der Waals surface area contributed by atoms with Gasteiger partial charge in [-0.05, 0) is 13.1 Å². The highest BCUT2D eigenvalue weighted by Crippen LogP contribution is 1.82. The largest absolute Gasteiger partial charge is 0.303 e. The molecule has 9 heavy (non-hydrogen) atoms. The summed E-state index contributed by atoms with van der Waals surface area (Å²) in [4.78, 5) is 2.32. The van der Waals surface area contributed by atoms with Crippen molar-refractivity contribution in [1.29, 1.82) is 0 Å². The molecule has 0 saturated heterocycles. The average molecular weight is 131 g/mol. The number of nitrogens with zero attached hydrogens (tertiary/aromatic N) is 1. The second kappa shape index (κ2) is 6.01. The smallest absolute Gasteiger partial charge is 0.0225 e. The van der Waals surface area contributed by atoms with Crippen molar-refractivity contribution in [1.82, 2.24) is 10.3 Å². The maximum Gasteiger partial charge on any atom is 0.0225 e. The Balaban J connectivity index is 3.09. The zero-order chi connectivity index (χ0) is 7.11. The predicted molar refractivity (Wildman–Crippen MR) is 40.0 cm³/mol. The average Bonchev–Trinajstić information content (AvgIpc) is 1.91. The van der Waals surface area contributed by atoms with Crippen molar-refractivity contribution in [3.63, 3.8) is 0 Å². The van der Waals surface area contributed by atoms with E-state index in [-0.39, 0.29) is 0 Å². The summed E-state index contributed by atoms with van der Waals surface area (Å²) in [6.07, 6.45) is 0. The number of likely N-dealkylation sites (N-methyl/N-ethyl adjacent to an activating group) is 1. The van der Waals surface area contributed by atoms with Gasteiger partial charge in [0.1, 0.15) is 0 Å². The van der Waals surface area contributed by atoms with Crippen molar-refractivity contribution in [3.05, 3.63) is 0 Å². The summed E-state index contributed by atoms with van der Waals surface area (Å²) in [5.41, 5.74) is 2.63. The second-order valence-corrected chi connectivity index (χ2v) is 1.98. The van der Waals surface area contributed by atoms with Crippen LogP contribution in [0.1, 0.15) is 13.8 Å². The van der Waals surface area contributed by atoms with Crippen LogP contribution in [0.5, 0.6) is 0 Å². The molecule has 0 atom stereocenters. The molecular weight excluding hydrogens is 114 g/mol. The molecule has 0 bridgehead atoms. The van der Waals surface area contributed by atoms with Crippen molar-refractivity contribution in [2.45, 2.75) is 13.8 Å². The SMILES string of the molecule is CCN(CC)CCNN. The van der Waals surface area contributed by atoms with Crippen LogP contribution < -0.4 is 11.3 Å². The lowest BCUT2D eigenvalue weighted by Crippen LogP contribution is -2.34. The van der Waals surface area contributed by atoms with Gasteiger partial charge in [-0.15, -0.1) is 0 Å². The van der Waals surface area contributed by atoms with Crippen molar-refractivity contribution in [2.24, 2.45) is 5.84 Å². The molecule has 0 unspecified atom stereocenters. The Morgan fingerprint density at radius 3 is 2.22 bits per heavy atom. The lowest BCUT2D eigenvalue weighted by Gasteiger charge is -2.16. The molecule has 0 aromatic carbocycles. The van der Waals surface area contributed by atoms with E-state index in [9.17, 15) is 0 Å². The first kappa shape index (κ1) is 8.88. The van der Waals surface area contributed by atoms with E-state index < -0.39 is 0 Å². The van der Waals surface area contributed by atoms with Crippen molar-refractivity contribution < 1.29 is 0 Å². The van der Waals surface area contributed by atoms with E-state index in [0.717, 1.165) is 26.2 Å². The van der Waals surface area contributed by atoms with Gasteiger partial charge in [0.25, 0.3) is 0 Å². The van der Waals surface area contributed by atoms with Gasteiger partial charge in [0.05, 0.1) is 0 Å². The molecule has 0 aromatic heterocycles. The fourth-order valence-corrected chi connectivity index (χ4v) is 0.762. The highest BCUT2D eigenvalue weighted by atomic mass is 15.2. The first-order chi connectivity index (χ1) is 4.35. The number of nitrogens with one attached hydrogen (secondary N) is 1. The van der Waals surface area contributed by atoms with E-state index in [1.54, 1.807) is 0 Å². The van der Waals surface area contributed by atoms with Crippen LogP contribution >= 0.6 is 0 Å². The lowest BCUT2D eigenvalue weighted by molar-refractivity contribution is 0.303. The van der Waals surface area contributed by atoms with Gasteiger partial charge in [-0.2, -0.15) is 0 Å². The summed E-state index contributed by atoms with van der Waals surface area (Å²) in [5, 5.41) is 0. The summed E-state index contributed by atoms with van der Waals surface area (Å²) in [5.74, 6) is 5.11. The Labute approximate surface area is 57.2 Å². The van der Waals surface area contributed by atoms with E-state index in [1.165, 1.54) is 0 Å². The Kier molecular flexibility index (Phi) is 5.93. The molecule has 3 N–H and O–H groups in total.